The minimum absolute atomic E-state index is 0.108. The molecule has 1 aliphatic heterocycles. The van der Waals surface area contributed by atoms with E-state index in [1.165, 1.54) is 22.5 Å². The average molecular weight is 339 g/mol. The van der Waals surface area contributed by atoms with Crippen LogP contribution in [0.4, 0.5) is 11.4 Å². The van der Waals surface area contributed by atoms with E-state index in [2.05, 4.69) is 91.8 Å². The second-order valence-electron chi connectivity index (χ2n) is 7.22. The second kappa shape index (κ2) is 7.89. The van der Waals surface area contributed by atoms with E-state index in [0.717, 1.165) is 19.4 Å². The predicted octanol–water partition coefficient (Wildman–Crippen LogP) is 2.92. The molecule has 0 saturated carbocycles. The standard InChI is InChI=1S/C21H29N3O/c1-23(2)19-9-5-16(6-10-19)13-18-15-25-21(22-18)14-17-7-11-20(12-8-17)24(3)4/h5-12,18,21-22H,13-15H2,1-4H3/t18-,21+/m0/s1. The Hall–Kier alpha value is -2.04. The van der Waals surface area contributed by atoms with Crippen LogP contribution in [0.5, 0.6) is 0 Å². The number of hydrogen-bond donors (Lipinski definition) is 1. The van der Waals surface area contributed by atoms with Gasteiger partial charge in [0.2, 0.25) is 0 Å². The van der Waals surface area contributed by atoms with E-state index in [1.807, 2.05) is 0 Å². The van der Waals surface area contributed by atoms with E-state index in [0.29, 0.717) is 6.04 Å². The van der Waals surface area contributed by atoms with Crippen molar-refractivity contribution >= 4 is 11.4 Å². The lowest BCUT2D eigenvalue weighted by Gasteiger charge is -2.15. The van der Waals surface area contributed by atoms with Crippen molar-refractivity contribution in [2.75, 3.05) is 44.6 Å². The summed E-state index contributed by atoms with van der Waals surface area (Å²) >= 11 is 0. The Morgan fingerprint density at radius 3 is 1.76 bits per heavy atom. The molecule has 2 atom stereocenters. The first-order chi connectivity index (χ1) is 12.0. The van der Waals surface area contributed by atoms with Crippen LogP contribution >= 0.6 is 0 Å². The molecule has 0 unspecified atom stereocenters. The molecule has 0 bridgehead atoms. The Balaban J connectivity index is 1.51. The Bertz CT molecular complexity index is 605. The van der Waals surface area contributed by atoms with E-state index < -0.39 is 0 Å². The summed E-state index contributed by atoms with van der Waals surface area (Å²) in [6.07, 6.45) is 2.02. The highest BCUT2D eigenvalue weighted by molar-refractivity contribution is 5.47. The van der Waals surface area contributed by atoms with Crippen molar-refractivity contribution in [3.63, 3.8) is 0 Å². The van der Waals surface area contributed by atoms with Gasteiger partial charge in [-0.3, -0.25) is 5.32 Å². The van der Waals surface area contributed by atoms with Gasteiger partial charge in [0, 0.05) is 52.0 Å². The van der Waals surface area contributed by atoms with Gasteiger partial charge in [-0.2, -0.15) is 0 Å². The number of anilines is 2. The number of nitrogens with zero attached hydrogens (tertiary/aromatic N) is 2. The largest absolute Gasteiger partial charge is 0.378 e. The quantitative estimate of drug-likeness (QED) is 0.876. The highest BCUT2D eigenvalue weighted by Crippen LogP contribution is 2.18. The van der Waals surface area contributed by atoms with Crippen molar-refractivity contribution in [2.45, 2.75) is 25.1 Å². The van der Waals surface area contributed by atoms with Crippen molar-refractivity contribution in [2.24, 2.45) is 0 Å². The van der Waals surface area contributed by atoms with Crippen LogP contribution in [-0.2, 0) is 17.6 Å². The topological polar surface area (TPSA) is 27.7 Å². The molecular weight excluding hydrogens is 310 g/mol. The number of hydrogen-bond acceptors (Lipinski definition) is 4. The molecule has 4 heteroatoms. The Kier molecular flexibility index (Phi) is 5.61. The first kappa shape index (κ1) is 17.8. The van der Waals surface area contributed by atoms with Gasteiger partial charge >= 0.3 is 0 Å². The van der Waals surface area contributed by atoms with Crippen LogP contribution in [0.15, 0.2) is 48.5 Å². The minimum atomic E-state index is 0.108. The molecule has 1 N–H and O–H groups in total. The normalized spacial score (nSPS) is 19.8. The zero-order chi connectivity index (χ0) is 17.8. The molecule has 0 amide bonds. The first-order valence-electron chi connectivity index (χ1n) is 8.91. The molecule has 1 aliphatic rings. The van der Waals surface area contributed by atoms with Gasteiger partial charge in [0.25, 0.3) is 0 Å². The van der Waals surface area contributed by atoms with Crippen molar-refractivity contribution in [3.05, 3.63) is 59.7 Å². The Labute approximate surface area is 151 Å². The van der Waals surface area contributed by atoms with Crippen molar-refractivity contribution < 1.29 is 4.74 Å². The molecule has 134 valence electrons. The molecule has 0 aliphatic carbocycles. The van der Waals surface area contributed by atoms with Crippen LogP contribution in [-0.4, -0.2) is 47.1 Å². The second-order valence-corrected chi connectivity index (χ2v) is 7.22. The lowest BCUT2D eigenvalue weighted by molar-refractivity contribution is 0.100. The zero-order valence-corrected chi connectivity index (χ0v) is 15.7. The van der Waals surface area contributed by atoms with E-state index in [1.54, 1.807) is 0 Å². The number of ether oxygens (including phenoxy) is 1. The summed E-state index contributed by atoms with van der Waals surface area (Å²) in [5.41, 5.74) is 5.11. The minimum Gasteiger partial charge on any atom is -0.378 e. The molecule has 0 radical (unpaired) electrons. The molecule has 0 aromatic heterocycles. The van der Waals surface area contributed by atoms with Crippen LogP contribution in [0.1, 0.15) is 11.1 Å². The maximum Gasteiger partial charge on any atom is 0.112 e. The monoisotopic (exact) mass is 339 g/mol. The van der Waals surface area contributed by atoms with Gasteiger partial charge in [0.15, 0.2) is 0 Å². The maximum atomic E-state index is 5.95. The lowest BCUT2D eigenvalue weighted by Crippen LogP contribution is -2.33. The summed E-state index contributed by atoms with van der Waals surface area (Å²) in [4.78, 5) is 4.24. The van der Waals surface area contributed by atoms with Crippen LogP contribution in [0.25, 0.3) is 0 Å². The highest BCUT2D eigenvalue weighted by atomic mass is 16.5. The molecule has 2 aromatic rings. The fourth-order valence-corrected chi connectivity index (χ4v) is 3.19. The van der Waals surface area contributed by atoms with Crippen LogP contribution < -0.4 is 15.1 Å². The Morgan fingerprint density at radius 1 is 0.800 bits per heavy atom. The van der Waals surface area contributed by atoms with Gasteiger partial charge < -0.3 is 14.5 Å². The molecule has 4 nitrogen and oxygen atoms in total. The van der Waals surface area contributed by atoms with E-state index >= 15 is 0 Å². The van der Waals surface area contributed by atoms with Gasteiger partial charge in [-0.05, 0) is 41.8 Å². The number of nitrogens with one attached hydrogen (secondary N) is 1. The summed E-state index contributed by atoms with van der Waals surface area (Å²) in [5.74, 6) is 0. The molecule has 1 saturated heterocycles. The Morgan fingerprint density at radius 2 is 1.28 bits per heavy atom. The fraction of sp³-hybridized carbons (Fsp3) is 0.429. The summed E-state index contributed by atoms with van der Waals surface area (Å²) in [6.45, 7) is 0.774. The first-order valence-corrected chi connectivity index (χ1v) is 8.91. The SMILES string of the molecule is CN(C)c1ccc(C[C@H]2CO[C@H](Cc3ccc(N(C)C)cc3)N2)cc1. The third-order valence-electron chi connectivity index (χ3n) is 4.73. The molecular formula is C21H29N3O. The van der Waals surface area contributed by atoms with E-state index in [-0.39, 0.29) is 6.23 Å². The summed E-state index contributed by atoms with van der Waals surface area (Å²) < 4.78 is 5.95. The smallest absolute Gasteiger partial charge is 0.112 e. The predicted molar refractivity (Wildman–Crippen MR) is 106 cm³/mol. The van der Waals surface area contributed by atoms with Crippen molar-refractivity contribution in [1.82, 2.24) is 5.32 Å². The van der Waals surface area contributed by atoms with Gasteiger partial charge in [-0.25, -0.2) is 0 Å². The highest BCUT2D eigenvalue weighted by Gasteiger charge is 2.24. The van der Waals surface area contributed by atoms with Gasteiger partial charge in [-0.15, -0.1) is 0 Å². The van der Waals surface area contributed by atoms with E-state index in [9.17, 15) is 0 Å². The third-order valence-corrected chi connectivity index (χ3v) is 4.73. The summed E-state index contributed by atoms with van der Waals surface area (Å²) in [5, 5.41) is 3.62. The summed E-state index contributed by atoms with van der Waals surface area (Å²) in [6, 6.07) is 17.9. The molecule has 1 fully saturated rings. The van der Waals surface area contributed by atoms with Gasteiger partial charge in [0.05, 0.1) is 6.61 Å². The van der Waals surface area contributed by atoms with Crippen LogP contribution in [0.2, 0.25) is 0 Å². The number of benzene rings is 2. The molecule has 2 aromatic carbocycles. The van der Waals surface area contributed by atoms with E-state index in [4.69, 9.17) is 4.74 Å². The van der Waals surface area contributed by atoms with Crippen molar-refractivity contribution in [3.8, 4) is 0 Å². The number of rotatable bonds is 6. The molecule has 0 spiro atoms. The molecule has 3 rings (SSSR count). The molecule has 1 heterocycles. The summed E-state index contributed by atoms with van der Waals surface area (Å²) in [7, 11) is 8.26. The average Bonchev–Trinajstić information content (AvgIpc) is 3.02. The van der Waals surface area contributed by atoms with Crippen molar-refractivity contribution in [1.29, 1.82) is 0 Å². The molecule has 25 heavy (non-hydrogen) atoms. The van der Waals surface area contributed by atoms with Crippen LogP contribution in [0, 0.1) is 0 Å². The maximum absolute atomic E-state index is 5.95. The fourth-order valence-electron chi connectivity index (χ4n) is 3.19. The lowest BCUT2D eigenvalue weighted by atomic mass is 10.1. The van der Waals surface area contributed by atoms with Gasteiger partial charge in [-0.1, -0.05) is 24.3 Å². The van der Waals surface area contributed by atoms with Crippen LogP contribution in [0.3, 0.4) is 0 Å². The zero-order valence-electron chi connectivity index (χ0n) is 15.7. The third kappa shape index (κ3) is 4.74. The van der Waals surface area contributed by atoms with Gasteiger partial charge in [0.1, 0.15) is 6.23 Å².